The maximum atomic E-state index is 13.5. The number of halogens is 1. The van der Waals surface area contributed by atoms with E-state index in [2.05, 4.69) is 20.5 Å². The van der Waals surface area contributed by atoms with Crippen molar-refractivity contribution in [3.63, 3.8) is 0 Å². The molecule has 0 saturated heterocycles. The van der Waals surface area contributed by atoms with Crippen molar-refractivity contribution in [2.24, 2.45) is 0 Å². The van der Waals surface area contributed by atoms with E-state index < -0.39 is 15.6 Å². The fourth-order valence-electron chi connectivity index (χ4n) is 5.47. The molecule has 3 N–H and O–H groups in total. The maximum Gasteiger partial charge on any atom is 0.263 e. The number of nitrogens with one attached hydrogen (secondary N) is 3. The lowest BCUT2D eigenvalue weighted by atomic mass is 9.94. The fourth-order valence-corrected chi connectivity index (χ4v) is 6.87. The third-order valence-electron chi connectivity index (χ3n) is 7.94. The number of carbonyl (C=O) groups is 2. The Morgan fingerprint density at radius 1 is 1.07 bits per heavy atom. The van der Waals surface area contributed by atoms with Crippen LogP contribution in [0.2, 0.25) is 5.02 Å². The van der Waals surface area contributed by atoms with E-state index in [-0.39, 0.29) is 46.3 Å². The van der Waals surface area contributed by atoms with Crippen molar-refractivity contribution in [2.45, 2.75) is 69.9 Å². The summed E-state index contributed by atoms with van der Waals surface area (Å²) in [6, 6.07) is 12.1. The Kier molecular flexibility index (Phi) is 9.96. The Balaban J connectivity index is 1.71. The lowest BCUT2D eigenvalue weighted by molar-refractivity contribution is -0.130. The van der Waals surface area contributed by atoms with Crippen molar-refractivity contribution in [2.75, 3.05) is 24.9 Å². The molecular formula is C30H38ClN5O5S. The molecule has 12 heteroatoms. The molecule has 3 aromatic rings. The Bertz CT molecular complexity index is 1550. The molecule has 4 rings (SSSR count). The zero-order chi connectivity index (χ0) is 30.5. The van der Waals surface area contributed by atoms with Gasteiger partial charge in [0.05, 0.1) is 16.9 Å². The molecule has 226 valence electrons. The molecule has 1 heterocycles. The minimum atomic E-state index is -4.14. The van der Waals surface area contributed by atoms with E-state index in [0.29, 0.717) is 29.8 Å². The molecule has 0 spiro atoms. The highest BCUT2D eigenvalue weighted by molar-refractivity contribution is 7.92. The van der Waals surface area contributed by atoms with Gasteiger partial charge in [0.25, 0.3) is 10.0 Å². The van der Waals surface area contributed by atoms with Crippen LogP contribution in [0.3, 0.4) is 0 Å². The van der Waals surface area contributed by atoms with Crippen molar-refractivity contribution >= 4 is 39.3 Å². The Morgan fingerprint density at radius 2 is 1.76 bits per heavy atom. The number of benzene rings is 2. The third kappa shape index (κ3) is 6.63. The van der Waals surface area contributed by atoms with Crippen LogP contribution < -0.4 is 15.4 Å². The van der Waals surface area contributed by atoms with Gasteiger partial charge in [-0.1, -0.05) is 66.0 Å². The molecule has 1 aromatic heterocycles. The molecule has 0 bridgehead atoms. The zero-order valence-corrected chi connectivity index (χ0v) is 26.0. The van der Waals surface area contributed by atoms with E-state index in [1.54, 1.807) is 36.1 Å². The molecule has 0 radical (unpaired) electrons. The molecule has 1 aliphatic rings. The van der Waals surface area contributed by atoms with Crippen molar-refractivity contribution in [3.8, 4) is 11.1 Å². The van der Waals surface area contributed by atoms with E-state index in [0.717, 1.165) is 31.2 Å². The van der Waals surface area contributed by atoms with E-state index in [1.165, 1.54) is 6.07 Å². The zero-order valence-electron chi connectivity index (χ0n) is 24.4. The van der Waals surface area contributed by atoms with Crippen LogP contribution >= 0.6 is 11.6 Å². The predicted octanol–water partition coefficient (Wildman–Crippen LogP) is 4.66. The van der Waals surface area contributed by atoms with Crippen LogP contribution in [-0.2, 0) is 32.6 Å². The number of aromatic nitrogens is 1. The van der Waals surface area contributed by atoms with E-state index >= 15 is 0 Å². The standard InChI is InChI=1S/C30H38ClN5O5S/c1-5-36(6-2)26(37)18-22-17-21(19-33-29(38)30(32-4)15-9-10-16-30)13-14-23(22)24-11-7-8-12-25(24)42(39,40)35-28-27(31)20(3)41-34-28/h7-8,11-14,17,32H,5-6,9-10,15-16,18-19H2,1-4H3,(H,33,38)(H,34,35). The number of rotatable bonds is 12. The molecule has 1 saturated carbocycles. The highest BCUT2D eigenvalue weighted by Crippen LogP contribution is 2.34. The van der Waals surface area contributed by atoms with E-state index in [9.17, 15) is 18.0 Å². The van der Waals surface area contributed by atoms with Gasteiger partial charge >= 0.3 is 0 Å². The van der Waals surface area contributed by atoms with Crippen molar-refractivity contribution < 1.29 is 22.5 Å². The largest absolute Gasteiger partial charge is 0.358 e. The normalized spacial score (nSPS) is 14.5. The van der Waals surface area contributed by atoms with E-state index in [1.807, 2.05) is 33.0 Å². The molecular weight excluding hydrogens is 578 g/mol. The quantitative estimate of drug-likeness (QED) is 0.270. The molecule has 0 unspecified atom stereocenters. The van der Waals surface area contributed by atoms with Crippen LogP contribution in [0.15, 0.2) is 51.9 Å². The predicted molar refractivity (Wildman–Crippen MR) is 163 cm³/mol. The summed E-state index contributed by atoms with van der Waals surface area (Å²) in [6.07, 6.45) is 3.64. The molecule has 2 amide bonds. The van der Waals surface area contributed by atoms with Gasteiger partial charge in [0, 0.05) is 25.2 Å². The highest BCUT2D eigenvalue weighted by atomic mass is 35.5. The highest BCUT2D eigenvalue weighted by Gasteiger charge is 2.39. The third-order valence-corrected chi connectivity index (χ3v) is 9.78. The van der Waals surface area contributed by atoms with Gasteiger partial charge in [0.1, 0.15) is 5.02 Å². The fraction of sp³-hybridized carbons (Fsp3) is 0.433. The van der Waals surface area contributed by atoms with Gasteiger partial charge < -0.3 is 20.1 Å². The molecule has 1 aliphatic carbocycles. The second-order valence-corrected chi connectivity index (χ2v) is 12.5. The first-order chi connectivity index (χ1) is 20.0. The molecule has 1 fully saturated rings. The molecule has 42 heavy (non-hydrogen) atoms. The first-order valence-electron chi connectivity index (χ1n) is 14.2. The summed E-state index contributed by atoms with van der Waals surface area (Å²) < 4.78 is 34.5. The van der Waals surface area contributed by atoms with Crippen LogP contribution in [0.4, 0.5) is 5.82 Å². The summed E-state index contributed by atoms with van der Waals surface area (Å²) in [7, 11) is -2.33. The SMILES string of the molecule is CCN(CC)C(=O)Cc1cc(CNC(=O)C2(NC)CCCC2)ccc1-c1ccccc1S(=O)(=O)Nc1noc(C)c1Cl. The lowest BCUT2D eigenvalue weighted by Gasteiger charge is -2.27. The molecule has 0 aliphatic heterocycles. The van der Waals surface area contributed by atoms with Crippen molar-refractivity contribution in [1.82, 2.24) is 20.7 Å². The minimum absolute atomic E-state index is 0.00324. The average molecular weight is 616 g/mol. The van der Waals surface area contributed by atoms with Crippen LogP contribution in [-0.4, -0.2) is 56.0 Å². The Morgan fingerprint density at radius 3 is 2.38 bits per heavy atom. The summed E-state index contributed by atoms with van der Waals surface area (Å²) in [6.45, 7) is 6.80. The van der Waals surface area contributed by atoms with Gasteiger partial charge in [-0.2, -0.15) is 0 Å². The minimum Gasteiger partial charge on any atom is -0.358 e. The first-order valence-corrected chi connectivity index (χ1v) is 16.0. The summed E-state index contributed by atoms with van der Waals surface area (Å²) in [5.74, 6) is 0.0622. The lowest BCUT2D eigenvalue weighted by Crippen LogP contribution is -2.53. The van der Waals surface area contributed by atoms with Crippen molar-refractivity contribution in [3.05, 3.63) is 64.4 Å². The number of nitrogens with zero attached hydrogens (tertiary/aromatic N) is 2. The Hall–Kier alpha value is -3.41. The smallest absolute Gasteiger partial charge is 0.263 e. The van der Waals surface area contributed by atoms with Crippen molar-refractivity contribution in [1.29, 1.82) is 0 Å². The van der Waals surface area contributed by atoms with Gasteiger partial charge in [-0.3, -0.25) is 14.3 Å². The number of hydrogen-bond donors (Lipinski definition) is 3. The van der Waals surface area contributed by atoms with Gasteiger partial charge in [-0.25, -0.2) is 8.42 Å². The number of aryl methyl sites for hydroxylation is 1. The second-order valence-electron chi connectivity index (χ2n) is 10.5. The number of carbonyl (C=O) groups excluding carboxylic acids is 2. The molecule has 2 aromatic carbocycles. The van der Waals surface area contributed by atoms with Gasteiger partial charge in [-0.05, 0) is 63.4 Å². The maximum absolute atomic E-state index is 13.5. The monoisotopic (exact) mass is 615 g/mol. The number of amides is 2. The number of anilines is 1. The van der Waals surface area contributed by atoms with E-state index in [4.69, 9.17) is 16.1 Å². The van der Waals surface area contributed by atoms with Crippen LogP contribution in [0.1, 0.15) is 56.4 Å². The van der Waals surface area contributed by atoms with Crippen LogP contribution in [0.5, 0.6) is 0 Å². The molecule has 0 atom stereocenters. The summed E-state index contributed by atoms with van der Waals surface area (Å²) >= 11 is 6.17. The van der Waals surface area contributed by atoms with Gasteiger partial charge in [0.2, 0.25) is 17.6 Å². The van der Waals surface area contributed by atoms with Gasteiger partial charge in [-0.15, -0.1) is 0 Å². The summed E-state index contributed by atoms with van der Waals surface area (Å²) in [5.41, 5.74) is 1.91. The topological polar surface area (TPSA) is 134 Å². The Labute approximate surface area is 252 Å². The van der Waals surface area contributed by atoms with Crippen LogP contribution in [0.25, 0.3) is 11.1 Å². The molecule has 10 nitrogen and oxygen atoms in total. The first kappa shape index (κ1) is 31.5. The number of likely N-dealkylation sites (N-methyl/N-ethyl adjacent to an activating group) is 2. The van der Waals surface area contributed by atoms with Crippen LogP contribution in [0, 0.1) is 6.92 Å². The summed E-state index contributed by atoms with van der Waals surface area (Å²) in [4.78, 5) is 28.1. The average Bonchev–Trinajstić information content (AvgIpc) is 3.60. The van der Waals surface area contributed by atoms with Gasteiger partial charge in [0.15, 0.2) is 5.76 Å². The number of sulfonamides is 1. The summed E-state index contributed by atoms with van der Waals surface area (Å²) in [5, 5.41) is 10.1. The number of hydrogen-bond acceptors (Lipinski definition) is 7. The second kappa shape index (κ2) is 13.3.